The molecule has 0 bridgehead atoms. The number of carbonyl (C=O) groups excluding carboxylic acids is 1. The second-order valence-corrected chi connectivity index (χ2v) is 8.73. The molecule has 0 aliphatic heterocycles. The fraction of sp³-hybridized carbons (Fsp3) is 0.235. The molecule has 7 N–H and O–H groups in total. The van der Waals surface area contributed by atoms with Gasteiger partial charge in [-0.15, -0.1) is 0 Å². The van der Waals surface area contributed by atoms with E-state index in [1.165, 1.54) is 24.3 Å². The normalized spacial score (nSPS) is 10.9. The summed E-state index contributed by atoms with van der Waals surface area (Å²) in [4.78, 5) is 31.6. The van der Waals surface area contributed by atoms with Crippen LogP contribution in [0.25, 0.3) is 0 Å². The van der Waals surface area contributed by atoms with Gasteiger partial charge in [-0.05, 0) is 41.9 Å². The largest absolute Gasteiger partial charge is 0.391 e. The number of aromatic amines is 1. The average Bonchev–Trinajstić information content (AvgIpc) is 2.63. The third-order valence-electron chi connectivity index (χ3n) is 3.71. The Balaban J connectivity index is 2.22. The van der Waals surface area contributed by atoms with Crippen molar-refractivity contribution in [1.82, 2.24) is 10.3 Å². The van der Waals surface area contributed by atoms with Crippen LogP contribution < -0.4 is 27.1 Å². The maximum absolute atomic E-state index is 12.8. The fourth-order valence-electron chi connectivity index (χ4n) is 2.48. The maximum atomic E-state index is 12.8. The van der Waals surface area contributed by atoms with Gasteiger partial charge in [-0.3, -0.25) is 14.3 Å². The molecule has 1 amide bonds. The Morgan fingerprint density at radius 3 is 2.61 bits per heavy atom. The number of aryl methyl sites for hydroxylation is 1. The summed E-state index contributed by atoms with van der Waals surface area (Å²) < 4.78 is 27.7. The molecule has 0 unspecified atom stereocenters. The lowest BCUT2D eigenvalue weighted by Crippen LogP contribution is -2.30. The lowest BCUT2D eigenvalue weighted by atomic mass is 10.1. The van der Waals surface area contributed by atoms with Crippen molar-refractivity contribution in [1.29, 1.82) is 0 Å². The molecule has 2 rings (SSSR count). The van der Waals surface area contributed by atoms with Crippen molar-refractivity contribution in [3.63, 3.8) is 0 Å². The van der Waals surface area contributed by atoms with Gasteiger partial charge < -0.3 is 26.6 Å². The van der Waals surface area contributed by atoms with Crippen molar-refractivity contribution >= 4 is 50.8 Å². The summed E-state index contributed by atoms with van der Waals surface area (Å²) in [5.74, 6) is -0.744. The van der Waals surface area contributed by atoms with Crippen molar-refractivity contribution in [3.8, 4) is 0 Å². The number of hydrogen-bond donors (Lipinski definition) is 5. The van der Waals surface area contributed by atoms with Gasteiger partial charge in [0.2, 0.25) is 11.9 Å². The number of amides is 1. The van der Waals surface area contributed by atoms with Crippen LogP contribution in [-0.4, -0.2) is 38.4 Å². The number of nitrogens with one attached hydrogen (secondary N) is 3. The van der Waals surface area contributed by atoms with E-state index in [1.807, 2.05) is 0 Å². The highest BCUT2D eigenvalue weighted by molar-refractivity contribution is 7.92. The van der Waals surface area contributed by atoms with Crippen LogP contribution in [0.15, 0.2) is 39.1 Å². The summed E-state index contributed by atoms with van der Waals surface area (Å²) in [5.41, 5.74) is 9.79. The first kappa shape index (κ1) is 24.3. The van der Waals surface area contributed by atoms with E-state index in [9.17, 15) is 18.0 Å². The summed E-state index contributed by atoms with van der Waals surface area (Å²) in [7, 11) is -4.24. The first-order valence-corrected chi connectivity index (χ1v) is 10.9. The van der Waals surface area contributed by atoms with Gasteiger partial charge in [0.05, 0.1) is 18.0 Å². The van der Waals surface area contributed by atoms with E-state index in [1.54, 1.807) is 6.92 Å². The van der Waals surface area contributed by atoms with E-state index < -0.39 is 21.5 Å². The zero-order valence-electron chi connectivity index (χ0n) is 16.2. The average molecular weight is 491 g/mol. The smallest absolute Gasteiger partial charge is 0.272 e. The second kappa shape index (κ2) is 10.4. The molecule has 0 saturated carbocycles. The highest BCUT2D eigenvalue weighted by Crippen LogP contribution is 2.27. The number of anilines is 1. The number of pyridine rings is 1. The lowest BCUT2D eigenvalue weighted by Gasteiger charge is -2.14. The third kappa shape index (κ3) is 7.05. The van der Waals surface area contributed by atoms with Gasteiger partial charge in [-0.2, -0.15) is 0 Å². The number of nitrogens with two attached hydrogens (primary N) is 2. The van der Waals surface area contributed by atoms with Crippen LogP contribution in [0, 0.1) is 6.92 Å². The minimum atomic E-state index is -4.24. The molecule has 0 fully saturated rings. The number of oxime groups is 1. The topological polar surface area (TPSA) is 182 Å². The number of guanidine groups is 1. The zero-order chi connectivity index (χ0) is 23.2. The van der Waals surface area contributed by atoms with E-state index in [-0.39, 0.29) is 51.7 Å². The SMILES string of the molecule is Cc1cc(CC(=O)NCCON=C(N)N)c(NS(=O)(=O)c2ccc(Cl)cc2Cl)c(=O)[nH]1. The lowest BCUT2D eigenvalue weighted by molar-refractivity contribution is -0.120. The molecule has 11 nitrogen and oxygen atoms in total. The van der Waals surface area contributed by atoms with Gasteiger partial charge >= 0.3 is 0 Å². The standard InChI is InChI=1S/C17H20Cl2N6O5S/c1-9-6-10(7-14(26)22-4-5-30-24-17(20)21)15(16(27)23-9)25-31(28,29)13-3-2-11(18)8-12(13)19/h2-3,6,8,25H,4-5,7H2,1H3,(H,22,26)(H,23,27)(H4,20,21,24). The maximum Gasteiger partial charge on any atom is 0.272 e. The van der Waals surface area contributed by atoms with E-state index in [4.69, 9.17) is 39.5 Å². The zero-order valence-corrected chi connectivity index (χ0v) is 18.6. The number of nitrogens with zero attached hydrogens (tertiary/aromatic N) is 1. The van der Waals surface area contributed by atoms with E-state index >= 15 is 0 Å². The molecule has 14 heteroatoms. The molecule has 1 aromatic carbocycles. The Hall–Kier alpha value is -2.96. The Labute approximate surface area is 187 Å². The van der Waals surface area contributed by atoms with Crippen LogP contribution in [0.2, 0.25) is 10.0 Å². The molecule has 0 aliphatic carbocycles. The molecular formula is C17H20Cl2N6O5S. The quantitative estimate of drug-likeness (QED) is 0.148. The van der Waals surface area contributed by atoms with Crippen LogP contribution in [0.4, 0.5) is 5.69 Å². The first-order chi connectivity index (χ1) is 14.5. The number of rotatable bonds is 9. The Bertz CT molecular complexity index is 1160. The molecule has 0 atom stereocenters. The molecule has 168 valence electrons. The molecule has 0 saturated heterocycles. The molecule has 1 aromatic heterocycles. The van der Waals surface area contributed by atoms with Crippen LogP contribution in [-0.2, 0) is 26.1 Å². The summed E-state index contributed by atoms with van der Waals surface area (Å²) in [6, 6.07) is 5.30. The van der Waals surface area contributed by atoms with Crippen molar-refractivity contribution in [2.45, 2.75) is 18.2 Å². The van der Waals surface area contributed by atoms with E-state index in [0.29, 0.717) is 5.69 Å². The molecule has 0 radical (unpaired) electrons. The van der Waals surface area contributed by atoms with Gasteiger partial charge in [0.15, 0.2) is 0 Å². The van der Waals surface area contributed by atoms with Gasteiger partial charge in [0.1, 0.15) is 17.2 Å². The van der Waals surface area contributed by atoms with Crippen molar-refractivity contribution in [2.75, 3.05) is 17.9 Å². The van der Waals surface area contributed by atoms with Crippen molar-refractivity contribution < 1.29 is 18.0 Å². The summed E-state index contributed by atoms with van der Waals surface area (Å²) in [6.07, 6.45) is -0.279. The minimum absolute atomic E-state index is 0.00654. The van der Waals surface area contributed by atoms with Crippen LogP contribution in [0.5, 0.6) is 0 Å². The van der Waals surface area contributed by atoms with Crippen molar-refractivity contribution in [2.24, 2.45) is 16.6 Å². The third-order valence-corrected chi connectivity index (χ3v) is 5.77. The Morgan fingerprint density at radius 1 is 1.26 bits per heavy atom. The highest BCUT2D eigenvalue weighted by atomic mass is 35.5. The van der Waals surface area contributed by atoms with Gasteiger partial charge in [0, 0.05) is 10.7 Å². The number of hydrogen-bond acceptors (Lipinski definition) is 6. The summed E-state index contributed by atoms with van der Waals surface area (Å²) in [6.45, 7) is 1.69. The molecular weight excluding hydrogens is 471 g/mol. The monoisotopic (exact) mass is 490 g/mol. The van der Waals surface area contributed by atoms with E-state index in [2.05, 4.69) is 20.2 Å². The number of aromatic nitrogens is 1. The van der Waals surface area contributed by atoms with Gasteiger partial charge in [-0.1, -0.05) is 23.2 Å². The fourth-order valence-corrected chi connectivity index (χ4v) is 4.36. The van der Waals surface area contributed by atoms with E-state index in [0.717, 1.165) is 0 Å². The predicted molar refractivity (Wildman–Crippen MR) is 118 cm³/mol. The Morgan fingerprint density at radius 2 is 1.97 bits per heavy atom. The van der Waals surface area contributed by atoms with Crippen LogP contribution in [0.1, 0.15) is 11.3 Å². The van der Waals surface area contributed by atoms with Crippen molar-refractivity contribution in [3.05, 3.63) is 55.9 Å². The number of sulfonamides is 1. The van der Waals surface area contributed by atoms with Gasteiger partial charge in [0.25, 0.3) is 15.6 Å². The molecule has 2 aromatic rings. The first-order valence-electron chi connectivity index (χ1n) is 8.68. The molecule has 1 heterocycles. The van der Waals surface area contributed by atoms with Gasteiger partial charge in [-0.25, -0.2) is 8.42 Å². The van der Waals surface area contributed by atoms with Crippen LogP contribution in [0.3, 0.4) is 0 Å². The van der Waals surface area contributed by atoms with Crippen LogP contribution >= 0.6 is 23.2 Å². The minimum Gasteiger partial charge on any atom is -0.391 e. The number of carbonyl (C=O) groups is 1. The highest BCUT2D eigenvalue weighted by Gasteiger charge is 2.22. The summed E-state index contributed by atoms with van der Waals surface area (Å²) >= 11 is 11.8. The number of halogens is 2. The number of benzene rings is 1. The predicted octanol–water partition coefficient (Wildman–Crippen LogP) is 0.655. The number of H-pyrrole nitrogens is 1. The molecule has 31 heavy (non-hydrogen) atoms. The summed E-state index contributed by atoms with van der Waals surface area (Å²) in [5, 5.41) is 5.97. The molecule has 0 aliphatic rings. The molecule has 0 spiro atoms. The second-order valence-electron chi connectivity index (χ2n) is 6.24. The Kier molecular flexibility index (Phi) is 8.14.